The minimum absolute atomic E-state index is 0.229. The molecule has 3 aromatic carbocycles. The molecule has 0 atom stereocenters. The van der Waals surface area contributed by atoms with Crippen LogP contribution < -0.4 is 5.01 Å². The molecule has 1 aromatic heterocycles. The first kappa shape index (κ1) is 20.6. The van der Waals surface area contributed by atoms with Crippen LogP contribution >= 0.6 is 23.1 Å². The first-order valence-electron chi connectivity index (χ1n) is 10.0. The minimum Gasteiger partial charge on any atom is -0.267 e. The fourth-order valence-corrected chi connectivity index (χ4v) is 5.06. The summed E-state index contributed by atoms with van der Waals surface area (Å²) in [5.74, 6) is -0.0128. The van der Waals surface area contributed by atoms with Crippen molar-refractivity contribution < 1.29 is 9.18 Å². The Morgan fingerprint density at radius 1 is 1.03 bits per heavy atom. The van der Waals surface area contributed by atoms with Gasteiger partial charge in [-0.05, 0) is 55.0 Å². The van der Waals surface area contributed by atoms with E-state index >= 15 is 0 Å². The van der Waals surface area contributed by atoms with Crippen LogP contribution in [-0.2, 0) is 4.79 Å². The molecule has 5 rings (SSSR count). The van der Waals surface area contributed by atoms with Crippen LogP contribution in [0.15, 0.2) is 88.4 Å². The van der Waals surface area contributed by atoms with E-state index in [0.29, 0.717) is 22.2 Å². The molecular weight excluding hydrogens is 441 g/mol. The molecule has 0 unspecified atom stereocenters. The Hall–Kier alpha value is -3.29. The van der Waals surface area contributed by atoms with Crippen molar-refractivity contribution in [1.29, 1.82) is 0 Å². The largest absolute Gasteiger partial charge is 0.282 e. The fraction of sp³-hybridized carbons (Fsp3) is 0.0800. The molecular formula is C25H18FN3OS2. The molecule has 0 spiro atoms. The van der Waals surface area contributed by atoms with Gasteiger partial charge in [-0.1, -0.05) is 53.3 Å². The van der Waals surface area contributed by atoms with Crippen LogP contribution in [0.5, 0.6) is 0 Å². The highest BCUT2D eigenvalue weighted by Gasteiger charge is 2.33. The Kier molecular flexibility index (Phi) is 5.59. The maximum Gasteiger partial charge on any atom is 0.282 e. The highest BCUT2D eigenvalue weighted by molar-refractivity contribution is 8.00. The summed E-state index contributed by atoms with van der Waals surface area (Å²) >= 11 is 3.05. The van der Waals surface area contributed by atoms with Crippen LogP contribution in [0.4, 0.5) is 9.52 Å². The molecule has 1 aliphatic heterocycles. The summed E-state index contributed by atoms with van der Waals surface area (Å²) in [5, 5.41) is 6.57. The highest BCUT2D eigenvalue weighted by atomic mass is 32.2. The van der Waals surface area contributed by atoms with Crippen LogP contribution in [0.1, 0.15) is 11.1 Å². The normalized spacial score (nSPS) is 15.1. The monoisotopic (exact) mass is 459 g/mol. The molecule has 2 heterocycles. The number of nitrogens with zero attached hydrogens (tertiary/aromatic N) is 3. The molecule has 0 saturated carbocycles. The van der Waals surface area contributed by atoms with E-state index < -0.39 is 0 Å². The summed E-state index contributed by atoms with van der Waals surface area (Å²) in [4.78, 5) is 19.0. The molecule has 7 heteroatoms. The highest BCUT2D eigenvalue weighted by Crippen LogP contribution is 2.33. The van der Waals surface area contributed by atoms with Crippen LogP contribution in [0, 0.1) is 12.7 Å². The van der Waals surface area contributed by atoms with Gasteiger partial charge in [-0.2, -0.15) is 10.1 Å². The molecule has 0 fully saturated rings. The van der Waals surface area contributed by atoms with Crippen molar-refractivity contribution in [3.63, 3.8) is 0 Å². The standard InChI is InChI=1S/C25H18FN3OS2/c1-16-6-12-19(13-7-16)31-15-22-20(14-17-8-10-18(26)11-9-17)24(30)29(28-22)25-27-21-4-2-3-5-23(21)32-25/h2-14H,15H2,1H3/b20-14-. The molecule has 0 bridgehead atoms. The van der Waals surface area contributed by atoms with Gasteiger partial charge in [-0.3, -0.25) is 4.79 Å². The zero-order valence-corrected chi connectivity index (χ0v) is 18.8. The molecule has 32 heavy (non-hydrogen) atoms. The number of hydrazone groups is 1. The van der Waals surface area contributed by atoms with Crippen molar-refractivity contribution in [2.75, 3.05) is 10.8 Å². The number of amides is 1. The van der Waals surface area contributed by atoms with Gasteiger partial charge in [0.15, 0.2) is 0 Å². The molecule has 158 valence electrons. The first-order chi connectivity index (χ1) is 15.6. The van der Waals surface area contributed by atoms with E-state index in [9.17, 15) is 9.18 Å². The van der Waals surface area contributed by atoms with Crippen molar-refractivity contribution in [1.82, 2.24) is 4.98 Å². The number of carbonyl (C=O) groups is 1. The Morgan fingerprint density at radius 2 is 1.78 bits per heavy atom. The lowest BCUT2D eigenvalue weighted by Gasteiger charge is -2.06. The van der Waals surface area contributed by atoms with Crippen molar-refractivity contribution in [3.8, 4) is 0 Å². The average molecular weight is 460 g/mol. The lowest BCUT2D eigenvalue weighted by atomic mass is 10.1. The Labute approximate surface area is 193 Å². The van der Waals surface area contributed by atoms with Crippen molar-refractivity contribution in [2.24, 2.45) is 5.10 Å². The second kappa shape index (κ2) is 8.68. The second-order valence-electron chi connectivity index (χ2n) is 7.34. The first-order valence-corrected chi connectivity index (χ1v) is 11.8. The summed E-state index contributed by atoms with van der Waals surface area (Å²) in [6.45, 7) is 2.05. The van der Waals surface area contributed by atoms with Gasteiger partial charge in [-0.25, -0.2) is 9.37 Å². The zero-order valence-electron chi connectivity index (χ0n) is 17.2. The number of aryl methyl sites for hydroxylation is 1. The van der Waals surface area contributed by atoms with Crippen LogP contribution in [0.3, 0.4) is 0 Å². The zero-order chi connectivity index (χ0) is 22.1. The van der Waals surface area contributed by atoms with Crippen LogP contribution in [0.2, 0.25) is 0 Å². The number of thioether (sulfide) groups is 1. The van der Waals surface area contributed by atoms with Gasteiger partial charge in [0.25, 0.3) is 5.91 Å². The smallest absolute Gasteiger partial charge is 0.267 e. The van der Waals surface area contributed by atoms with E-state index in [1.54, 1.807) is 30.0 Å². The summed E-state index contributed by atoms with van der Waals surface area (Å²) < 4.78 is 14.3. The van der Waals surface area contributed by atoms with E-state index in [1.165, 1.54) is 34.0 Å². The van der Waals surface area contributed by atoms with Crippen molar-refractivity contribution in [3.05, 3.63) is 95.3 Å². The van der Waals surface area contributed by atoms with Gasteiger partial charge >= 0.3 is 0 Å². The number of anilines is 1. The number of rotatable bonds is 5. The number of carbonyl (C=O) groups excluding carboxylic acids is 1. The molecule has 0 saturated heterocycles. The minimum atomic E-state index is -0.315. The quantitative estimate of drug-likeness (QED) is 0.259. The SMILES string of the molecule is Cc1ccc(SCC2=NN(c3nc4ccccc4s3)C(=O)/C2=C\c2ccc(F)cc2)cc1. The molecule has 1 aliphatic rings. The van der Waals surface area contributed by atoms with Crippen LogP contribution in [-0.4, -0.2) is 22.4 Å². The average Bonchev–Trinajstić information content (AvgIpc) is 3.36. The third kappa shape index (κ3) is 4.22. The number of halogens is 1. The summed E-state index contributed by atoms with van der Waals surface area (Å²) in [6, 6.07) is 22.1. The maximum absolute atomic E-state index is 13.3. The van der Waals surface area contributed by atoms with E-state index in [0.717, 1.165) is 20.7 Å². The third-order valence-electron chi connectivity index (χ3n) is 5.00. The fourth-order valence-electron chi connectivity index (χ4n) is 3.30. The van der Waals surface area contributed by atoms with Crippen molar-refractivity contribution in [2.45, 2.75) is 11.8 Å². The molecule has 0 aliphatic carbocycles. The number of para-hydroxylation sites is 1. The molecule has 1 amide bonds. The summed E-state index contributed by atoms with van der Waals surface area (Å²) in [7, 11) is 0. The van der Waals surface area contributed by atoms with Gasteiger partial charge in [0.2, 0.25) is 5.13 Å². The summed E-state index contributed by atoms with van der Waals surface area (Å²) in [6.07, 6.45) is 1.77. The van der Waals surface area contributed by atoms with Gasteiger partial charge in [0, 0.05) is 10.6 Å². The molecule has 4 aromatic rings. The topological polar surface area (TPSA) is 45.6 Å². The van der Waals surface area contributed by atoms with Gasteiger partial charge in [-0.15, -0.1) is 11.8 Å². The lowest BCUT2D eigenvalue weighted by Crippen LogP contribution is -2.21. The maximum atomic E-state index is 13.3. The lowest BCUT2D eigenvalue weighted by molar-refractivity contribution is -0.114. The Bertz CT molecular complexity index is 1330. The Morgan fingerprint density at radius 3 is 2.53 bits per heavy atom. The molecule has 4 nitrogen and oxygen atoms in total. The number of hydrogen-bond donors (Lipinski definition) is 0. The van der Waals surface area contributed by atoms with Crippen molar-refractivity contribution >= 4 is 56.1 Å². The second-order valence-corrected chi connectivity index (χ2v) is 9.40. The van der Waals surface area contributed by atoms with E-state index in [4.69, 9.17) is 0 Å². The van der Waals surface area contributed by atoms with E-state index in [1.807, 2.05) is 31.2 Å². The number of aromatic nitrogens is 1. The number of fused-ring (bicyclic) bond motifs is 1. The van der Waals surface area contributed by atoms with E-state index in [-0.39, 0.29) is 11.7 Å². The molecule has 0 N–H and O–H groups in total. The number of benzene rings is 3. The van der Waals surface area contributed by atoms with E-state index in [2.05, 4.69) is 34.4 Å². The number of hydrogen-bond acceptors (Lipinski definition) is 5. The van der Waals surface area contributed by atoms with Gasteiger partial charge < -0.3 is 0 Å². The van der Waals surface area contributed by atoms with Crippen LogP contribution in [0.25, 0.3) is 16.3 Å². The molecule has 0 radical (unpaired) electrons. The predicted molar refractivity (Wildman–Crippen MR) is 131 cm³/mol. The predicted octanol–water partition coefficient (Wildman–Crippen LogP) is 6.32. The summed E-state index contributed by atoms with van der Waals surface area (Å²) in [5.41, 5.74) is 3.94. The van der Waals surface area contributed by atoms with Gasteiger partial charge in [0.1, 0.15) is 5.82 Å². The number of thiazole rings is 1. The third-order valence-corrected chi connectivity index (χ3v) is 7.03. The Balaban J connectivity index is 1.49. The van der Waals surface area contributed by atoms with Gasteiger partial charge in [0.05, 0.1) is 21.5 Å².